The Morgan fingerprint density at radius 3 is 2.81 bits per heavy atom. The predicted octanol–water partition coefficient (Wildman–Crippen LogP) is 0.912. The molecule has 10 heteroatoms. The van der Waals surface area contributed by atoms with Gasteiger partial charge in [-0.15, -0.1) is 5.10 Å². The fourth-order valence-electron chi connectivity index (χ4n) is 2.47. The van der Waals surface area contributed by atoms with Crippen molar-refractivity contribution in [1.82, 2.24) is 29.9 Å². The lowest BCUT2D eigenvalue weighted by molar-refractivity contribution is -0.117. The maximum atomic E-state index is 12.6. The number of rotatable bonds is 4. The van der Waals surface area contributed by atoms with Gasteiger partial charge in [-0.3, -0.25) is 9.59 Å². The molecule has 1 aromatic carbocycles. The van der Waals surface area contributed by atoms with Gasteiger partial charge in [0.25, 0.3) is 5.56 Å². The molecule has 0 bridgehead atoms. The van der Waals surface area contributed by atoms with E-state index in [0.717, 1.165) is 10.4 Å². The van der Waals surface area contributed by atoms with Crippen LogP contribution in [0.25, 0.3) is 16.7 Å². The van der Waals surface area contributed by atoms with Gasteiger partial charge in [-0.2, -0.15) is 5.10 Å². The zero-order chi connectivity index (χ0) is 18.1. The van der Waals surface area contributed by atoms with Crippen molar-refractivity contribution in [3.8, 4) is 5.69 Å². The lowest BCUT2D eigenvalue weighted by Gasteiger charge is -2.04. The Bertz CT molecular complexity index is 1140. The zero-order valence-electron chi connectivity index (χ0n) is 13.7. The van der Waals surface area contributed by atoms with Gasteiger partial charge >= 0.3 is 0 Å². The van der Waals surface area contributed by atoms with E-state index in [1.807, 2.05) is 30.3 Å². The molecule has 0 aliphatic rings. The minimum atomic E-state index is -0.468. The minimum absolute atomic E-state index is 0.270. The van der Waals surface area contributed by atoms with Crippen LogP contribution in [0.3, 0.4) is 0 Å². The van der Waals surface area contributed by atoms with E-state index in [9.17, 15) is 9.59 Å². The smallest absolute Gasteiger partial charge is 0.281 e. The first-order valence-corrected chi connectivity index (χ1v) is 7.72. The van der Waals surface area contributed by atoms with Crippen LogP contribution in [-0.4, -0.2) is 35.8 Å². The molecule has 0 fully saturated rings. The number of hydrogen-bond acceptors (Lipinski definition) is 7. The second kappa shape index (κ2) is 6.24. The Balaban J connectivity index is 1.62. The summed E-state index contributed by atoms with van der Waals surface area (Å²) < 4.78 is 7.36. The van der Waals surface area contributed by atoms with Crippen LogP contribution in [0.5, 0.6) is 0 Å². The normalized spacial score (nSPS) is 11.0. The van der Waals surface area contributed by atoms with Gasteiger partial charge in [0.15, 0.2) is 11.5 Å². The highest BCUT2D eigenvalue weighted by Gasteiger charge is 2.15. The molecular weight excluding hydrogens is 338 g/mol. The lowest BCUT2D eigenvalue weighted by Crippen LogP contribution is -2.30. The molecular formula is C16H13N7O3. The fourth-order valence-corrected chi connectivity index (χ4v) is 2.47. The number of nitrogens with zero attached hydrogens (tertiary/aromatic N) is 6. The molecule has 0 aliphatic carbocycles. The molecule has 3 heterocycles. The van der Waals surface area contributed by atoms with Gasteiger partial charge in [0.1, 0.15) is 17.7 Å². The van der Waals surface area contributed by atoms with Crippen molar-refractivity contribution in [3.63, 3.8) is 0 Å². The lowest BCUT2D eigenvalue weighted by atomic mass is 10.3. The van der Waals surface area contributed by atoms with E-state index in [2.05, 4.69) is 25.9 Å². The van der Waals surface area contributed by atoms with Gasteiger partial charge in [0.2, 0.25) is 5.91 Å². The Kier molecular flexibility index (Phi) is 3.77. The highest BCUT2D eigenvalue weighted by atomic mass is 16.5. The summed E-state index contributed by atoms with van der Waals surface area (Å²) in [6.07, 6.45) is 1.41. The first kappa shape index (κ1) is 15.7. The first-order valence-electron chi connectivity index (χ1n) is 7.72. The second-order valence-electron chi connectivity index (χ2n) is 5.55. The largest absolute Gasteiger partial charge is 0.360 e. The van der Waals surface area contributed by atoms with E-state index in [1.165, 1.54) is 10.9 Å². The predicted molar refractivity (Wildman–Crippen MR) is 90.8 cm³/mol. The van der Waals surface area contributed by atoms with Crippen molar-refractivity contribution in [1.29, 1.82) is 0 Å². The number of aromatic nitrogens is 6. The number of amides is 1. The van der Waals surface area contributed by atoms with Crippen LogP contribution in [0.2, 0.25) is 0 Å². The molecule has 0 unspecified atom stereocenters. The maximum absolute atomic E-state index is 12.6. The van der Waals surface area contributed by atoms with Crippen molar-refractivity contribution < 1.29 is 9.32 Å². The molecule has 0 radical (unpaired) electrons. The molecule has 4 rings (SSSR count). The number of benzene rings is 1. The number of aryl methyl sites for hydroxylation is 1. The number of anilines is 1. The summed E-state index contributed by atoms with van der Waals surface area (Å²) in [7, 11) is 0. The molecule has 26 heavy (non-hydrogen) atoms. The van der Waals surface area contributed by atoms with Crippen molar-refractivity contribution >= 4 is 22.8 Å². The minimum Gasteiger partial charge on any atom is -0.360 e. The van der Waals surface area contributed by atoms with E-state index in [4.69, 9.17) is 4.52 Å². The van der Waals surface area contributed by atoms with E-state index >= 15 is 0 Å². The quantitative estimate of drug-likeness (QED) is 0.580. The second-order valence-corrected chi connectivity index (χ2v) is 5.55. The maximum Gasteiger partial charge on any atom is 0.281 e. The Hall–Kier alpha value is -3.82. The van der Waals surface area contributed by atoms with Gasteiger partial charge in [-0.1, -0.05) is 28.6 Å². The zero-order valence-corrected chi connectivity index (χ0v) is 13.7. The summed E-state index contributed by atoms with van der Waals surface area (Å²) in [5, 5.41) is 18.5. The topological polar surface area (TPSA) is 121 Å². The summed E-state index contributed by atoms with van der Waals surface area (Å²) in [5.74, 6) is 0.364. The summed E-state index contributed by atoms with van der Waals surface area (Å²) >= 11 is 0. The first-order chi connectivity index (χ1) is 12.6. The molecule has 10 nitrogen and oxygen atoms in total. The average molecular weight is 351 g/mol. The molecule has 0 saturated heterocycles. The van der Waals surface area contributed by atoms with Crippen LogP contribution in [0, 0.1) is 6.92 Å². The van der Waals surface area contributed by atoms with Crippen molar-refractivity contribution in [3.05, 3.63) is 58.7 Å². The van der Waals surface area contributed by atoms with Gasteiger partial charge in [-0.05, 0) is 19.1 Å². The Morgan fingerprint density at radius 1 is 1.27 bits per heavy atom. The number of carbonyl (C=O) groups excluding carboxylic acids is 1. The van der Waals surface area contributed by atoms with Gasteiger partial charge < -0.3 is 9.84 Å². The number of para-hydroxylation sites is 1. The number of fused-ring (bicyclic) bond motifs is 1. The van der Waals surface area contributed by atoms with Gasteiger partial charge in [-0.25, -0.2) is 9.36 Å². The van der Waals surface area contributed by atoms with Crippen LogP contribution in [0.1, 0.15) is 5.76 Å². The summed E-state index contributed by atoms with van der Waals surface area (Å²) in [4.78, 5) is 24.6. The number of nitrogens with one attached hydrogen (secondary N) is 1. The van der Waals surface area contributed by atoms with Crippen LogP contribution < -0.4 is 10.9 Å². The van der Waals surface area contributed by atoms with Crippen LogP contribution in [0.4, 0.5) is 5.82 Å². The van der Waals surface area contributed by atoms with Crippen LogP contribution in [-0.2, 0) is 11.3 Å². The highest BCUT2D eigenvalue weighted by molar-refractivity contribution is 5.89. The van der Waals surface area contributed by atoms with Crippen LogP contribution >= 0.6 is 0 Å². The third-order valence-electron chi connectivity index (χ3n) is 3.65. The molecule has 0 atom stereocenters. The molecule has 3 aromatic heterocycles. The summed E-state index contributed by atoms with van der Waals surface area (Å²) in [6.45, 7) is 1.40. The summed E-state index contributed by atoms with van der Waals surface area (Å²) in [5.41, 5.74) is 0.627. The van der Waals surface area contributed by atoms with Crippen LogP contribution in [0.15, 0.2) is 51.9 Å². The molecule has 0 spiro atoms. The van der Waals surface area contributed by atoms with E-state index < -0.39 is 11.5 Å². The molecule has 0 aliphatic heterocycles. The van der Waals surface area contributed by atoms with Gasteiger partial charge in [0, 0.05) is 6.07 Å². The van der Waals surface area contributed by atoms with Crippen molar-refractivity contribution in [2.24, 2.45) is 0 Å². The van der Waals surface area contributed by atoms with E-state index in [1.54, 1.807) is 13.0 Å². The standard InChI is InChI=1S/C16H13N7O3/c1-10-7-13(20-26-10)18-14(24)9-22-16(25)12-8-17-23(15(12)19-21-22)11-5-3-2-4-6-11/h2-8H,9H2,1H3,(H,18,20,24). The highest BCUT2D eigenvalue weighted by Crippen LogP contribution is 2.12. The third-order valence-corrected chi connectivity index (χ3v) is 3.65. The third kappa shape index (κ3) is 2.83. The average Bonchev–Trinajstić information content (AvgIpc) is 3.24. The SMILES string of the molecule is Cc1cc(NC(=O)Cn2nnc3c(cnn3-c3ccccc3)c2=O)no1. The molecule has 1 N–H and O–H groups in total. The number of carbonyl (C=O) groups is 1. The summed E-state index contributed by atoms with van der Waals surface area (Å²) in [6, 6.07) is 10.8. The van der Waals surface area contributed by atoms with E-state index in [-0.39, 0.29) is 17.7 Å². The van der Waals surface area contributed by atoms with Crippen molar-refractivity contribution in [2.75, 3.05) is 5.32 Å². The van der Waals surface area contributed by atoms with E-state index in [0.29, 0.717) is 11.4 Å². The molecule has 1 amide bonds. The van der Waals surface area contributed by atoms with Gasteiger partial charge in [0.05, 0.1) is 11.9 Å². The molecule has 0 saturated carbocycles. The monoisotopic (exact) mass is 351 g/mol. The Morgan fingerprint density at radius 2 is 2.08 bits per heavy atom. The van der Waals surface area contributed by atoms with Crippen molar-refractivity contribution in [2.45, 2.75) is 13.5 Å². The number of hydrogen-bond donors (Lipinski definition) is 1. The molecule has 130 valence electrons. The molecule has 4 aromatic rings. The Labute approximate surface area is 146 Å². The fraction of sp³-hybridized carbons (Fsp3) is 0.125.